The van der Waals surface area contributed by atoms with Crippen molar-refractivity contribution in [1.82, 2.24) is 14.5 Å². The first kappa shape index (κ1) is 16.6. The molecule has 1 fully saturated rings. The number of hydrogen-bond acceptors (Lipinski definition) is 8. The van der Waals surface area contributed by atoms with Gasteiger partial charge in [0.1, 0.15) is 29.8 Å². The Morgan fingerprint density at radius 3 is 2.88 bits per heavy atom. The Labute approximate surface area is 137 Å². The molecule has 3 heterocycles. The quantitative estimate of drug-likeness (QED) is 0.451. The monoisotopic (exact) mass is 334 g/mol. The summed E-state index contributed by atoms with van der Waals surface area (Å²) >= 11 is 0. The lowest BCUT2D eigenvalue weighted by Crippen LogP contribution is -2.46. The molecule has 1 aliphatic rings. The summed E-state index contributed by atoms with van der Waals surface area (Å²) in [5, 5.41) is 29.5. The Kier molecular flexibility index (Phi) is 4.16. The number of aliphatic hydroxyl groups is 2. The number of anilines is 1. The minimum Gasteiger partial charge on any atom is -0.394 e. The molecule has 1 saturated heterocycles. The van der Waals surface area contributed by atoms with Crippen molar-refractivity contribution in [3.05, 3.63) is 18.1 Å². The number of rotatable bonds is 4. The number of nitrogens with one attached hydrogen (secondary N) is 1. The van der Waals surface area contributed by atoms with E-state index in [9.17, 15) is 15.4 Å². The van der Waals surface area contributed by atoms with E-state index >= 15 is 0 Å². The third-order valence-corrected chi connectivity index (χ3v) is 4.48. The second-order valence-electron chi connectivity index (χ2n) is 5.67. The molecule has 0 aromatic carbocycles. The highest BCUT2D eigenvalue weighted by Gasteiger charge is 2.54. The van der Waals surface area contributed by atoms with Gasteiger partial charge in [-0.05, 0) is 6.92 Å². The fraction of sp³-hybridized carbons (Fsp3) is 0.467. The van der Waals surface area contributed by atoms with E-state index < -0.39 is 24.0 Å². The van der Waals surface area contributed by atoms with E-state index in [1.807, 2.05) is 5.48 Å². The fourth-order valence-corrected chi connectivity index (χ4v) is 3.05. The van der Waals surface area contributed by atoms with E-state index in [4.69, 9.17) is 15.9 Å². The van der Waals surface area contributed by atoms with Gasteiger partial charge in [-0.2, -0.15) is 0 Å². The van der Waals surface area contributed by atoms with E-state index in [0.717, 1.165) is 0 Å². The largest absolute Gasteiger partial charge is 0.394 e. The van der Waals surface area contributed by atoms with Gasteiger partial charge in [0, 0.05) is 13.3 Å². The third-order valence-electron chi connectivity index (χ3n) is 4.48. The average Bonchev–Trinajstić information content (AvgIpc) is 3.11. The van der Waals surface area contributed by atoms with Gasteiger partial charge in [-0.15, -0.1) is 6.42 Å². The van der Waals surface area contributed by atoms with Crippen LogP contribution >= 0.6 is 0 Å². The predicted octanol–water partition coefficient (Wildman–Crippen LogP) is -0.131. The number of methoxy groups -OCH3 is 1. The molecule has 9 heteroatoms. The normalized spacial score (nSPS) is 29.8. The zero-order valence-electron chi connectivity index (χ0n) is 13.2. The lowest BCUT2D eigenvalue weighted by Gasteiger charge is -2.31. The van der Waals surface area contributed by atoms with E-state index in [0.29, 0.717) is 16.6 Å². The Morgan fingerprint density at radius 1 is 1.54 bits per heavy atom. The zero-order valence-corrected chi connectivity index (χ0v) is 13.2. The van der Waals surface area contributed by atoms with Gasteiger partial charge in [0.15, 0.2) is 12.0 Å². The predicted molar refractivity (Wildman–Crippen MR) is 83.3 cm³/mol. The number of nitrogens with zero attached hydrogens (tertiary/aromatic N) is 3. The third kappa shape index (κ3) is 2.16. The summed E-state index contributed by atoms with van der Waals surface area (Å²) in [7, 11) is 1.45. The number of terminal acetylenes is 1. The van der Waals surface area contributed by atoms with Crippen LogP contribution in [0.5, 0.6) is 0 Å². The first-order valence-electron chi connectivity index (χ1n) is 7.23. The minimum atomic E-state index is -1.14. The summed E-state index contributed by atoms with van der Waals surface area (Å²) in [6.45, 7) is 1.31. The molecule has 4 atom stereocenters. The van der Waals surface area contributed by atoms with Crippen LogP contribution in [0.15, 0.2) is 12.5 Å². The highest BCUT2D eigenvalue weighted by atomic mass is 16.6. The average molecular weight is 334 g/mol. The first-order chi connectivity index (χ1) is 11.5. The maximum Gasteiger partial charge on any atom is 0.167 e. The summed E-state index contributed by atoms with van der Waals surface area (Å²) < 4.78 is 12.9. The van der Waals surface area contributed by atoms with Gasteiger partial charge in [-0.3, -0.25) is 10.7 Å². The molecule has 3 rings (SSSR count). The van der Waals surface area contributed by atoms with Crippen molar-refractivity contribution in [3.63, 3.8) is 0 Å². The van der Waals surface area contributed by atoms with E-state index in [2.05, 4.69) is 15.9 Å². The molecule has 9 nitrogen and oxygen atoms in total. The summed E-state index contributed by atoms with van der Waals surface area (Å²) in [5.41, 5.74) is 1.69. The lowest BCUT2D eigenvalue weighted by atomic mass is 9.96. The Hall–Kier alpha value is -2.22. The van der Waals surface area contributed by atoms with E-state index in [1.165, 1.54) is 13.4 Å². The number of fused-ring (bicyclic) bond motifs is 1. The minimum absolute atomic E-state index is 0.156. The zero-order chi connectivity index (χ0) is 17.5. The van der Waals surface area contributed by atoms with Crippen molar-refractivity contribution in [3.8, 4) is 12.3 Å². The van der Waals surface area contributed by atoms with Crippen LogP contribution in [0.25, 0.3) is 11.0 Å². The highest BCUT2D eigenvalue weighted by molar-refractivity contribution is 5.92. The van der Waals surface area contributed by atoms with Crippen LogP contribution in [-0.4, -0.2) is 61.5 Å². The molecule has 4 N–H and O–H groups in total. The van der Waals surface area contributed by atoms with Gasteiger partial charge < -0.3 is 24.3 Å². The van der Waals surface area contributed by atoms with Gasteiger partial charge in [0.05, 0.1) is 17.6 Å². The van der Waals surface area contributed by atoms with Crippen molar-refractivity contribution >= 4 is 16.9 Å². The van der Waals surface area contributed by atoms with Gasteiger partial charge >= 0.3 is 0 Å². The Morgan fingerprint density at radius 2 is 2.29 bits per heavy atom. The van der Waals surface area contributed by atoms with Crippen molar-refractivity contribution in [1.29, 1.82) is 0 Å². The highest BCUT2D eigenvalue weighted by Crippen LogP contribution is 2.42. The molecule has 0 saturated carbocycles. The SMILES string of the molecule is C#Cc1cn([C@@H]2OC(CO)C(O)C2(C)OC)c2ncnc(NO)c12. The van der Waals surface area contributed by atoms with Crippen molar-refractivity contribution < 1.29 is 24.9 Å². The molecule has 0 radical (unpaired) electrons. The van der Waals surface area contributed by atoms with Crippen LogP contribution in [0, 0.1) is 12.3 Å². The Balaban J connectivity index is 2.21. The summed E-state index contributed by atoms with van der Waals surface area (Å²) in [6, 6.07) is 0. The maximum absolute atomic E-state index is 10.4. The summed E-state index contributed by atoms with van der Waals surface area (Å²) in [6.07, 6.45) is 5.75. The lowest BCUT2D eigenvalue weighted by molar-refractivity contribution is -0.118. The van der Waals surface area contributed by atoms with Crippen LogP contribution in [0.2, 0.25) is 0 Å². The second-order valence-corrected chi connectivity index (χ2v) is 5.67. The molecule has 1 aliphatic heterocycles. The molecular weight excluding hydrogens is 316 g/mol. The number of aliphatic hydroxyl groups excluding tert-OH is 2. The van der Waals surface area contributed by atoms with Crippen LogP contribution in [-0.2, 0) is 9.47 Å². The number of hydrogen-bond donors (Lipinski definition) is 4. The molecule has 0 bridgehead atoms. The molecule has 128 valence electrons. The topological polar surface area (TPSA) is 122 Å². The first-order valence-corrected chi connectivity index (χ1v) is 7.23. The standard InChI is InChI=1S/C15H18N4O5/c1-4-8-5-19(13-10(8)12(18-22)16-7-17-13)14-15(2,23-3)11(21)9(6-20)24-14/h1,5,7,9,11,14,20-22H,6H2,2-3H3,(H,16,17,18)/t9?,11?,14-,15?/m1/s1. The Bertz CT molecular complexity index is 801. The molecule has 0 spiro atoms. The number of ether oxygens (including phenoxy) is 2. The van der Waals surface area contributed by atoms with Gasteiger partial charge in [-0.1, -0.05) is 5.92 Å². The summed E-state index contributed by atoms with van der Waals surface area (Å²) in [5.74, 6) is 2.67. The molecule has 2 aromatic heterocycles. The fourth-order valence-electron chi connectivity index (χ4n) is 3.05. The van der Waals surface area contributed by atoms with Crippen LogP contribution in [0.4, 0.5) is 5.82 Å². The van der Waals surface area contributed by atoms with E-state index in [1.54, 1.807) is 17.7 Å². The van der Waals surface area contributed by atoms with Crippen molar-refractivity contribution in [2.24, 2.45) is 0 Å². The van der Waals surface area contributed by atoms with Crippen LogP contribution in [0.3, 0.4) is 0 Å². The van der Waals surface area contributed by atoms with Crippen molar-refractivity contribution in [2.75, 3.05) is 19.2 Å². The van der Waals surface area contributed by atoms with Crippen LogP contribution in [0.1, 0.15) is 18.7 Å². The molecular formula is C15H18N4O5. The molecule has 0 aliphatic carbocycles. The molecule has 0 amide bonds. The van der Waals surface area contributed by atoms with Gasteiger partial charge in [0.2, 0.25) is 0 Å². The van der Waals surface area contributed by atoms with Gasteiger partial charge in [-0.25, -0.2) is 9.97 Å². The second kappa shape index (κ2) is 6.01. The summed E-state index contributed by atoms with van der Waals surface area (Å²) in [4.78, 5) is 8.14. The van der Waals surface area contributed by atoms with Gasteiger partial charge in [0.25, 0.3) is 0 Å². The molecule has 24 heavy (non-hydrogen) atoms. The molecule has 2 aromatic rings. The molecule has 3 unspecified atom stereocenters. The number of aromatic nitrogens is 3. The van der Waals surface area contributed by atoms with Crippen LogP contribution < -0.4 is 5.48 Å². The maximum atomic E-state index is 10.4. The van der Waals surface area contributed by atoms with Crippen molar-refractivity contribution in [2.45, 2.75) is 31.0 Å². The van der Waals surface area contributed by atoms with E-state index in [-0.39, 0.29) is 12.4 Å². The smallest absolute Gasteiger partial charge is 0.167 e.